The van der Waals surface area contributed by atoms with Crippen molar-refractivity contribution < 1.29 is 161 Å². The second-order valence-electron chi connectivity index (χ2n) is 38.4. The van der Waals surface area contributed by atoms with Gasteiger partial charge >= 0.3 is 12.1 Å². The Kier molecular flexibility index (Phi) is 61.5. The number of aliphatic hydroxyl groups is 11. The van der Waals surface area contributed by atoms with Crippen LogP contribution in [0.3, 0.4) is 0 Å². The summed E-state index contributed by atoms with van der Waals surface area (Å²) in [5, 5.41) is 136. The number of primary amides is 1. The number of imide groups is 1. The molecule has 846 valence electrons. The highest BCUT2D eigenvalue weighted by Gasteiger charge is 2.46. The summed E-state index contributed by atoms with van der Waals surface area (Å²) in [6.07, 6.45) is -12.3. The number of nitrogens with zero attached hydrogens (tertiary/aromatic N) is 8. The molecule has 149 heavy (non-hydrogen) atoms. The zero-order valence-corrected chi connectivity index (χ0v) is 88.8. The largest absolute Gasteiger partial charge is 0.441 e. The number of urea groups is 1. The summed E-state index contributed by atoms with van der Waals surface area (Å²) in [7, 11) is 6.00. The second kappa shape index (κ2) is 70.6. The monoisotopic (exact) mass is 2120 g/mol. The van der Waals surface area contributed by atoms with E-state index in [1.165, 1.54) is 49.4 Å². The van der Waals surface area contributed by atoms with E-state index in [4.69, 9.17) is 68.1 Å². The molecule has 1 unspecified atom stereocenters. The van der Waals surface area contributed by atoms with Gasteiger partial charge in [-0.2, -0.15) is 0 Å². The Morgan fingerprint density at radius 1 is 0.550 bits per heavy atom. The summed E-state index contributed by atoms with van der Waals surface area (Å²) in [4.78, 5) is 159. The van der Waals surface area contributed by atoms with E-state index in [9.17, 15) is 84.3 Å². The van der Waals surface area contributed by atoms with Crippen LogP contribution in [0, 0.1) is 29.6 Å². The normalized spacial score (nSPS) is 17.4. The fourth-order valence-corrected chi connectivity index (χ4v) is 17.3. The van der Waals surface area contributed by atoms with Crippen LogP contribution < -0.4 is 37.6 Å². The zero-order valence-electron chi connectivity index (χ0n) is 88.8. The lowest BCUT2D eigenvalue weighted by Gasteiger charge is -2.41. The Bertz CT molecular complexity index is 4370. The minimum absolute atomic E-state index is 0.00575. The molecular formula is C101H169N15O33. The number of anilines is 1. The van der Waals surface area contributed by atoms with Gasteiger partial charge in [-0.05, 0) is 92.4 Å². The van der Waals surface area contributed by atoms with Crippen molar-refractivity contribution in [3.63, 3.8) is 0 Å². The maximum Gasteiger partial charge on any atom is 0.410 e. The number of methoxy groups -OCH3 is 2. The van der Waals surface area contributed by atoms with Crippen LogP contribution in [0.5, 0.6) is 0 Å². The Balaban J connectivity index is 1.19. The highest BCUT2D eigenvalue weighted by atomic mass is 16.6. The van der Waals surface area contributed by atoms with E-state index in [1.807, 2.05) is 19.9 Å². The molecule has 3 aromatic rings. The van der Waals surface area contributed by atoms with Gasteiger partial charge in [-0.3, -0.25) is 57.9 Å². The molecule has 0 aliphatic carbocycles. The summed E-state index contributed by atoms with van der Waals surface area (Å²) in [5.41, 5.74) is 7.13. The fraction of sp³-hybridized carbons (Fsp3) is 0.733. The summed E-state index contributed by atoms with van der Waals surface area (Å²) in [6, 6.07) is 7.96. The molecule has 12 amide bonds. The number of hydrogen-bond donors (Lipinski definition) is 18. The predicted octanol–water partition coefficient (Wildman–Crippen LogP) is -1.24. The fourth-order valence-electron chi connectivity index (χ4n) is 17.3. The average Bonchev–Trinajstić information content (AvgIpc) is 1.72. The lowest BCUT2D eigenvalue weighted by Crippen LogP contribution is -2.60. The minimum atomic E-state index is -1.92. The Morgan fingerprint density at radius 3 is 1.57 bits per heavy atom. The van der Waals surface area contributed by atoms with Crippen molar-refractivity contribution in [1.29, 1.82) is 0 Å². The molecule has 1 saturated heterocycles. The number of likely N-dealkylation sites (tertiary alicyclic amines) is 1. The average molecular weight is 2120 g/mol. The molecule has 2 aromatic carbocycles. The van der Waals surface area contributed by atoms with Crippen molar-refractivity contribution in [2.75, 3.05) is 192 Å². The molecule has 1 aromatic heterocycles. The molecule has 1 fully saturated rings. The number of aromatic nitrogens is 3. The number of likely N-dealkylation sites (N-methyl/N-ethyl adjacent to an activating group) is 2. The highest BCUT2D eigenvalue weighted by Crippen LogP contribution is 2.33. The molecule has 3 heterocycles. The topological polar surface area (TPSA) is 657 Å². The second-order valence-corrected chi connectivity index (χ2v) is 38.4. The molecule has 2 aliphatic rings. The Morgan fingerprint density at radius 2 is 1.07 bits per heavy atom. The number of nitrogens with two attached hydrogens (primary N) is 1. The van der Waals surface area contributed by atoms with Crippen LogP contribution in [0.2, 0.25) is 0 Å². The lowest BCUT2D eigenvalue weighted by atomic mass is 9.89. The first-order valence-corrected chi connectivity index (χ1v) is 51.4. The van der Waals surface area contributed by atoms with Gasteiger partial charge in [0.05, 0.1) is 198 Å². The van der Waals surface area contributed by atoms with Gasteiger partial charge < -0.3 is 156 Å². The van der Waals surface area contributed by atoms with Crippen molar-refractivity contribution in [2.45, 2.75) is 262 Å². The molecule has 0 spiro atoms. The van der Waals surface area contributed by atoms with Crippen LogP contribution in [0.15, 0.2) is 72.9 Å². The predicted molar refractivity (Wildman–Crippen MR) is 541 cm³/mol. The molecule has 2 aliphatic heterocycles. The first-order valence-electron chi connectivity index (χ1n) is 51.4. The quantitative estimate of drug-likeness (QED) is 0.0232. The molecule has 21 atom stereocenters. The van der Waals surface area contributed by atoms with Crippen LogP contribution in [-0.2, 0) is 108 Å². The number of unbranched alkanes of at least 4 members (excludes halogenated alkanes) is 2. The van der Waals surface area contributed by atoms with E-state index < -0.39 is 219 Å². The maximum absolute atomic E-state index is 15.3. The van der Waals surface area contributed by atoms with Crippen molar-refractivity contribution >= 4 is 71.0 Å². The number of hydrogen-bond acceptors (Lipinski definition) is 36. The SMILES string of the molecule is CC[C@H](C)[C@@H]([C@@H](CC(=O)N1CCC[C@H]1[C@H](OC)[C@@H](C)C(=O)N[C@H](C)[C@@H](O)c1ccccc1)OC)N(C)C(=O)[C@@H](NC(=O)[C@H](C(C)C)N(C)C(=O)OC(Cc1cnnn1CCOCCOCCOCCOCCOCCOCCOCCOCCN(C[C@@H](O)[C@H](O)[C@@H](O)[C@@H](O)CO)C[C@@H](O)[C@@H](O)[C@H](O)[C@@H](O)CO)c1ccc(NC(=O)[C@H](CCCNC(N)=O)NC(=O)[C@@H](NC(=O)CCCCCN2C(=O)C=CC2=O)C(C)C)cc1)C(C)C. The number of ether oxygens (including phenoxy) is 11. The summed E-state index contributed by atoms with van der Waals surface area (Å²) >= 11 is 0. The van der Waals surface area contributed by atoms with Crippen LogP contribution in [0.25, 0.3) is 0 Å². The van der Waals surface area contributed by atoms with Crippen molar-refractivity contribution in [2.24, 2.45) is 35.3 Å². The zero-order chi connectivity index (χ0) is 110. The number of carbonyl (C=O) groups excluding carboxylic acids is 11. The van der Waals surface area contributed by atoms with Crippen LogP contribution in [0.1, 0.15) is 162 Å². The summed E-state index contributed by atoms with van der Waals surface area (Å²) in [6.45, 7) is 19.6. The van der Waals surface area contributed by atoms with Crippen LogP contribution >= 0.6 is 0 Å². The molecule has 0 radical (unpaired) electrons. The Hall–Kier alpha value is -9.59. The number of nitrogens with one attached hydrogen (secondary N) is 6. The van der Waals surface area contributed by atoms with E-state index >= 15 is 14.4 Å². The van der Waals surface area contributed by atoms with Gasteiger partial charge in [-0.1, -0.05) is 123 Å². The van der Waals surface area contributed by atoms with Crippen molar-refractivity contribution in [3.8, 4) is 0 Å². The third-order valence-electron chi connectivity index (χ3n) is 26.2. The summed E-state index contributed by atoms with van der Waals surface area (Å²) in [5.74, 6) is -6.89. The molecular weight excluding hydrogens is 1950 g/mol. The lowest BCUT2D eigenvalue weighted by molar-refractivity contribution is -0.148. The van der Waals surface area contributed by atoms with Crippen molar-refractivity contribution in [3.05, 3.63) is 89.8 Å². The van der Waals surface area contributed by atoms with E-state index in [1.54, 1.807) is 121 Å². The molecule has 19 N–H and O–H groups in total. The molecule has 5 rings (SSSR count). The van der Waals surface area contributed by atoms with Gasteiger partial charge in [0.1, 0.15) is 66.9 Å². The maximum atomic E-state index is 15.3. The molecule has 48 heteroatoms. The van der Waals surface area contributed by atoms with Crippen LogP contribution in [0.4, 0.5) is 15.3 Å². The third kappa shape index (κ3) is 44.9. The van der Waals surface area contributed by atoms with E-state index in [-0.39, 0.29) is 154 Å². The number of carbonyl (C=O) groups is 11. The first kappa shape index (κ1) is 130. The molecule has 0 saturated carbocycles. The molecule has 0 bridgehead atoms. The highest BCUT2D eigenvalue weighted by molar-refractivity contribution is 6.12. The number of aliphatic hydroxyl groups excluding tert-OH is 11. The minimum Gasteiger partial charge on any atom is -0.441 e. The van der Waals surface area contributed by atoms with E-state index in [2.05, 4.69) is 42.2 Å². The third-order valence-corrected chi connectivity index (χ3v) is 26.2. The van der Waals surface area contributed by atoms with Gasteiger partial charge in [0.2, 0.25) is 41.4 Å². The van der Waals surface area contributed by atoms with Gasteiger partial charge in [0, 0.05) is 98.3 Å². The van der Waals surface area contributed by atoms with Gasteiger partial charge in [-0.15, -0.1) is 5.10 Å². The number of rotatable bonds is 79. The Labute approximate surface area is 873 Å². The number of amides is 12. The van der Waals surface area contributed by atoms with Gasteiger partial charge in [0.25, 0.3) is 11.8 Å². The first-order chi connectivity index (χ1) is 71.1. The van der Waals surface area contributed by atoms with Gasteiger partial charge in [0.15, 0.2) is 0 Å². The smallest absolute Gasteiger partial charge is 0.410 e. The van der Waals surface area contributed by atoms with Crippen molar-refractivity contribution in [1.82, 2.24) is 66.1 Å². The standard InChI is InChI=1S/C101H169N15O33/c1-15-66(8)88(80(139-13)57-84(126)114-37-23-27-74(114)94(140-14)67(9)95(132)105-68(10)89(127)70-24-18-16-19-25-70)111(11)99(136)86(64(4)5)109-98(135)87(65(6)7)112(12)101(138)149-79(69-29-31-71(32-30-69)106-96(133)73(26-22-35-103-100(102)137)107-97(134)85(63(2)3)108-81(123)28-20-17-21-36-115-82(124)33-34-83(115)125)56-72-58-104-110-116(72)39-41-142-43-45-144-47-49-146-51-53-148-55-54-147-52-50-145-48-46-143-44-42-141-40-38-113(59-75(119)90(128)92(130)77(121)61-117)60-76(120)91(129)93(131)78(122)62-118/h16,18-19,24-25,29-34,58,63-68,73-80,85-94,117-122,127-131H,15,17,20-23,26-28,35-57,59-62H2,1-14H3,(H,105,132)(H,106,133)(H,107,134)(H,108,123)(H,109,135)(H3,102,103,137)/t66-,67+,68+,73-,74-,75+,76+,77-,78-,79?,80+,85-,86-,87-,88-,89+,90-,91+,92-,93+,94+/m0/s1. The van der Waals surface area contributed by atoms with Crippen LogP contribution in [-0.4, -0.2) is 451 Å². The summed E-state index contributed by atoms with van der Waals surface area (Å²) < 4.78 is 65.4. The number of benzene rings is 2. The van der Waals surface area contributed by atoms with E-state index in [0.717, 1.165) is 9.80 Å². The van der Waals surface area contributed by atoms with E-state index in [0.29, 0.717) is 94.9 Å². The van der Waals surface area contributed by atoms with Gasteiger partial charge in [-0.25, -0.2) is 14.3 Å². The molecule has 48 nitrogen and oxygen atoms in total.